The number of rotatable bonds is 8. The van der Waals surface area contributed by atoms with Gasteiger partial charge in [0.15, 0.2) is 0 Å². The van der Waals surface area contributed by atoms with E-state index in [0.29, 0.717) is 13.2 Å². The normalized spacial score (nSPS) is 17.3. The molecule has 1 atom stereocenters. The molecule has 4 nitrogen and oxygen atoms in total. The van der Waals surface area contributed by atoms with Crippen molar-refractivity contribution in [3.63, 3.8) is 0 Å². The van der Waals surface area contributed by atoms with Crippen LogP contribution in [-0.2, 0) is 0 Å². The van der Waals surface area contributed by atoms with Gasteiger partial charge in [0.05, 0.1) is 0 Å². The van der Waals surface area contributed by atoms with Crippen molar-refractivity contribution in [1.29, 1.82) is 0 Å². The number of benzene rings is 1. The van der Waals surface area contributed by atoms with Crippen molar-refractivity contribution in [2.24, 2.45) is 0 Å². The Morgan fingerprint density at radius 1 is 1.35 bits per heavy atom. The van der Waals surface area contributed by atoms with Gasteiger partial charge in [-0.05, 0) is 50.6 Å². The Morgan fingerprint density at radius 3 is 2.90 bits per heavy atom. The Balaban J connectivity index is 1.54. The van der Waals surface area contributed by atoms with Crippen LogP contribution in [0.5, 0.6) is 5.75 Å². The molecule has 0 radical (unpaired) electrons. The van der Waals surface area contributed by atoms with Crippen molar-refractivity contribution in [3.8, 4) is 5.75 Å². The van der Waals surface area contributed by atoms with Crippen molar-refractivity contribution in [2.75, 3.05) is 39.3 Å². The zero-order valence-electron chi connectivity index (χ0n) is 12.3. The number of nitrogens with zero attached hydrogens (tertiary/aromatic N) is 1. The van der Waals surface area contributed by atoms with Gasteiger partial charge >= 0.3 is 0 Å². The molecule has 0 aliphatic carbocycles. The van der Waals surface area contributed by atoms with Crippen molar-refractivity contribution in [2.45, 2.75) is 25.9 Å². The molecule has 1 heterocycles. The summed E-state index contributed by atoms with van der Waals surface area (Å²) in [5, 5.41) is 13.2. The summed E-state index contributed by atoms with van der Waals surface area (Å²) in [5.74, 6) is 0.820. The van der Waals surface area contributed by atoms with Crippen molar-refractivity contribution >= 4 is 0 Å². The molecule has 4 heteroatoms. The van der Waals surface area contributed by atoms with Crippen molar-refractivity contribution in [1.82, 2.24) is 10.2 Å². The van der Waals surface area contributed by atoms with Crippen LogP contribution < -0.4 is 10.1 Å². The van der Waals surface area contributed by atoms with Crippen LogP contribution in [0.2, 0.25) is 0 Å². The molecule has 20 heavy (non-hydrogen) atoms. The van der Waals surface area contributed by atoms with Crippen LogP contribution in [0.4, 0.5) is 0 Å². The van der Waals surface area contributed by atoms with Gasteiger partial charge in [-0.3, -0.25) is 0 Å². The molecule has 112 valence electrons. The first kappa shape index (κ1) is 15.3. The van der Waals surface area contributed by atoms with E-state index in [1.54, 1.807) is 0 Å². The monoisotopic (exact) mass is 278 g/mol. The number of aliphatic hydroxyl groups is 1. The maximum absolute atomic E-state index is 9.87. The SMILES string of the molecule is Cc1cccc(OCC(O)CNCCN2CCCC2)c1. The van der Waals surface area contributed by atoms with E-state index < -0.39 is 6.10 Å². The Bertz CT molecular complexity index is 392. The molecule has 0 bridgehead atoms. The highest BCUT2D eigenvalue weighted by Crippen LogP contribution is 2.12. The molecule has 1 aliphatic rings. The molecular formula is C16H26N2O2. The molecule has 1 saturated heterocycles. The number of hydrogen-bond donors (Lipinski definition) is 2. The lowest BCUT2D eigenvalue weighted by atomic mass is 10.2. The molecule has 0 amide bonds. The van der Waals surface area contributed by atoms with Crippen LogP contribution in [0.15, 0.2) is 24.3 Å². The second kappa shape index (κ2) is 8.25. The molecule has 0 aromatic heterocycles. The Labute approximate surface area is 121 Å². The first-order valence-electron chi connectivity index (χ1n) is 7.54. The van der Waals surface area contributed by atoms with E-state index in [2.05, 4.69) is 10.2 Å². The predicted molar refractivity (Wildman–Crippen MR) is 81.2 cm³/mol. The third-order valence-corrected chi connectivity index (χ3v) is 3.62. The molecule has 1 aromatic carbocycles. The van der Waals surface area contributed by atoms with Crippen LogP contribution >= 0.6 is 0 Å². The molecule has 1 fully saturated rings. The summed E-state index contributed by atoms with van der Waals surface area (Å²) in [6.07, 6.45) is 2.19. The standard InChI is InChI=1S/C16H26N2O2/c1-14-5-4-6-16(11-14)20-13-15(19)12-17-7-10-18-8-2-3-9-18/h4-6,11,15,17,19H,2-3,7-10,12-13H2,1H3. The summed E-state index contributed by atoms with van der Waals surface area (Å²) in [6.45, 7) is 7.40. The quantitative estimate of drug-likeness (QED) is 0.706. The highest BCUT2D eigenvalue weighted by Gasteiger charge is 2.10. The largest absolute Gasteiger partial charge is 0.491 e. The number of ether oxygens (including phenoxy) is 1. The summed E-state index contributed by atoms with van der Waals surface area (Å²) >= 11 is 0. The third kappa shape index (κ3) is 5.49. The van der Waals surface area contributed by atoms with Gasteiger partial charge in [0.2, 0.25) is 0 Å². The summed E-state index contributed by atoms with van der Waals surface area (Å²) in [7, 11) is 0. The second-order valence-electron chi connectivity index (χ2n) is 5.53. The van der Waals surface area contributed by atoms with Crippen LogP contribution in [0.3, 0.4) is 0 Å². The maximum atomic E-state index is 9.87. The summed E-state index contributed by atoms with van der Waals surface area (Å²) in [6, 6.07) is 7.89. The van der Waals surface area contributed by atoms with E-state index in [-0.39, 0.29) is 0 Å². The molecule has 2 rings (SSSR count). The lowest BCUT2D eigenvalue weighted by molar-refractivity contribution is 0.106. The number of aliphatic hydroxyl groups excluding tert-OH is 1. The van der Waals surface area contributed by atoms with Crippen molar-refractivity contribution < 1.29 is 9.84 Å². The lowest BCUT2D eigenvalue weighted by Gasteiger charge is -2.17. The summed E-state index contributed by atoms with van der Waals surface area (Å²) in [5.41, 5.74) is 1.17. The topological polar surface area (TPSA) is 44.7 Å². The Morgan fingerprint density at radius 2 is 2.15 bits per heavy atom. The molecule has 0 spiro atoms. The smallest absolute Gasteiger partial charge is 0.119 e. The minimum atomic E-state index is -0.464. The molecule has 1 aliphatic heterocycles. The lowest BCUT2D eigenvalue weighted by Crippen LogP contribution is -2.36. The number of likely N-dealkylation sites (tertiary alicyclic amines) is 1. The van der Waals surface area contributed by atoms with Gasteiger partial charge < -0.3 is 20.1 Å². The van der Waals surface area contributed by atoms with Gasteiger partial charge in [0.1, 0.15) is 18.5 Å². The summed E-state index contributed by atoms with van der Waals surface area (Å²) < 4.78 is 5.58. The average Bonchev–Trinajstić information content (AvgIpc) is 2.95. The fourth-order valence-corrected chi connectivity index (χ4v) is 2.47. The minimum Gasteiger partial charge on any atom is -0.491 e. The van der Waals surface area contributed by atoms with Gasteiger partial charge in [-0.1, -0.05) is 12.1 Å². The molecule has 1 unspecified atom stereocenters. The van der Waals surface area contributed by atoms with Gasteiger partial charge in [-0.2, -0.15) is 0 Å². The van der Waals surface area contributed by atoms with E-state index in [1.807, 2.05) is 31.2 Å². The zero-order chi connectivity index (χ0) is 14.2. The number of nitrogens with one attached hydrogen (secondary N) is 1. The van der Waals surface area contributed by atoms with Crippen LogP contribution in [0.1, 0.15) is 18.4 Å². The van der Waals surface area contributed by atoms with E-state index in [4.69, 9.17) is 4.74 Å². The van der Waals surface area contributed by atoms with Crippen LogP contribution in [0, 0.1) is 6.92 Å². The number of hydrogen-bond acceptors (Lipinski definition) is 4. The molecule has 2 N–H and O–H groups in total. The van der Waals surface area contributed by atoms with E-state index in [0.717, 1.165) is 18.8 Å². The van der Waals surface area contributed by atoms with E-state index in [1.165, 1.54) is 31.5 Å². The fourth-order valence-electron chi connectivity index (χ4n) is 2.47. The van der Waals surface area contributed by atoms with E-state index >= 15 is 0 Å². The predicted octanol–water partition coefficient (Wildman–Crippen LogP) is 1.42. The summed E-state index contributed by atoms with van der Waals surface area (Å²) in [4.78, 5) is 2.46. The minimum absolute atomic E-state index is 0.333. The number of aryl methyl sites for hydroxylation is 1. The highest BCUT2D eigenvalue weighted by atomic mass is 16.5. The Hall–Kier alpha value is -1.10. The molecular weight excluding hydrogens is 252 g/mol. The first-order valence-corrected chi connectivity index (χ1v) is 7.54. The molecule has 1 aromatic rings. The van der Waals surface area contributed by atoms with Gasteiger partial charge in [0.25, 0.3) is 0 Å². The molecule has 0 saturated carbocycles. The average molecular weight is 278 g/mol. The Kier molecular flexibility index (Phi) is 6.30. The maximum Gasteiger partial charge on any atom is 0.119 e. The van der Waals surface area contributed by atoms with E-state index in [9.17, 15) is 5.11 Å². The van der Waals surface area contributed by atoms with Crippen LogP contribution in [-0.4, -0.2) is 55.4 Å². The highest BCUT2D eigenvalue weighted by molar-refractivity contribution is 5.27. The van der Waals surface area contributed by atoms with Crippen molar-refractivity contribution in [3.05, 3.63) is 29.8 Å². The van der Waals surface area contributed by atoms with Gasteiger partial charge in [-0.25, -0.2) is 0 Å². The van der Waals surface area contributed by atoms with Crippen LogP contribution in [0.25, 0.3) is 0 Å². The zero-order valence-corrected chi connectivity index (χ0v) is 12.3. The third-order valence-electron chi connectivity index (χ3n) is 3.62. The van der Waals surface area contributed by atoms with Gasteiger partial charge in [-0.15, -0.1) is 0 Å². The second-order valence-corrected chi connectivity index (χ2v) is 5.53. The van der Waals surface area contributed by atoms with Gasteiger partial charge in [0, 0.05) is 19.6 Å². The fraction of sp³-hybridized carbons (Fsp3) is 0.625. The first-order chi connectivity index (χ1) is 9.74.